The number of hydrogen-bond acceptors (Lipinski definition) is 8. The molecule has 0 spiro atoms. The van der Waals surface area contributed by atoms with Crippen LogP contribution in [0.5, 0.6) is 0 Å². The predicted molar refractivity (Wildman–Crippen MR) is 139 cm³/mol. The standard InChI is InChI=1S/C26H17N3O2S3/c27-14-19(25-28-20(15-33-25)22-12-7-13-32-22)21(30)16-34-26-29-23(17-8-3-1-4-9-17)24(31-26)18-10-5-2-6-11-18/h1-13,15,30H,16H2. The SMILES string of the molecule is N#CC(=C(O)CSc1nc(-c2ccccc2)c(-c2ccccc2)o1)c1nc(-c2cccs2)cs1. The molecule has 34 heavy (non-hydrogen) atoms. The highest BCUT2D eigenvalue weighted by atomic mass is 32.2. The number of thiophene rings is 1. The first-order valence-corrected chi connectivity index (χ1v) is 13.0. The quantitative estimate of drug-likeness (QED) is 0.140. The molecule has 0 unspecified atom stereocenters. The van der Waals surface area contributed by atoms with Crippen LogP contribution in [0.3, 0.4) is 0 Å². The summed E-state index contributed by atoms with van der Waals surface area (Å²) >= 11 is 4.16. The third-order valence-corrected chi connectivity index (χ3v) is 7.51. The minimum atomic E-state index is -0.0553. The number of rotatable bonds is 7. The van der Waals surface area contributed by atoms with Crippen molar-refractivity contribution in [2.75, 3.05) is 5.75 Å². The van der Waals surface area contributed by atoms with Crippen molar-refractivity contribution in [3.05, 3.63) is 94.3 Å². The summed E-state index contributed by atoms with van der Waals surface area (Å²) in [5, 5.41) is 25.2. The van der Waals surface area contributed by atoms with Crippen LogP contribution in [0.2, 0.25) is 0 Å². The molecular formula is C26H17N3O2S3. The van der Waals surface area contributed by atoms with E-state index in [1.165, 1.54) is 23.1 Å². The van der Waals surface area contributed by atoms with Crippen LogP contribution in [0.25, 0.3) is 38.7 Å². The molecule has 5 rings (SSSR count). The molecule has 0 atom stereocenters. The number of allylic oxidation sites excluding steroid dienone is 1. The third kappa shape index (κ3) is 4.68. The molecule has 3 heterocycles. The average Bonchev–Trinajstić information content (AvgIpc) is 3.65. The highest BCUT2D eigenvalue weighted by Crippen LogP contribution is 2.36. The van der Waals surface area contributed by atoms with Crippen molar-refractivity contribution in [1.82, 2.24) is 9.97 Å². The molecule has 0 fully saturated rings. The lowest BCUT2D eigenvalue weighted by atomic mass is 10.1. The zero-order chi connectivity index (χ0) is 23.3. The van der Waals surface area contributed by atoms with Crippen molar-refractivity contribution in [1.29, 1.82) is 5.26 Å². The van der Waals surface area contributed by atoms with Crippen molar-refractivity contribution in [2.24, 2.45) is 0 Å². The number of oxazole rings is 1. The van der Waals surface area contributed by atoms with Crippen molar-refractivity contribution in [3.8, 4) is 39.2 Å². The van der Waals surface area contributed by atoms with E-state index in [0.717, 1.165) is 27.4 Å². The molecule has 0 bridgehead atoms. The number of aliphatic hydroxyl groups is 1. The van der Waals surface area contributed by atoms with Crippen molar-refractivity contribution >= 4 is 40.0 Å². The topological polar surface area (TPSA) is 82.9 Å². The zero-order valence-electron chi connectivity index (χ0n) is 17.7. The van der Waals surface area contributed by atoms with Crippen LogP contribution in [0.15, 0.2) is 99.0 Å². The summed E-state index contributed by atoms with van der Waals surface area (Å²) in [6, 6.07) is 25.7. The molecule has 0 amide bonds. The Morgan fingerprint density at radius 1 is 0.941 bits per heavy atom. The van der Waals surface area contributed by atoms with E-state index in [0.29, 0.717) is 16.0 Å². The molecule has 0 radical (unpaired) electrons. The molecule has 2 aromatic carbocycles. The Kier molecular flexibility index (Phi) is 6.58. The van der Waals surface area contributed by atoms with Gasteiger partial charge in [0.15, 0.2) is 5.76 Å². The molecule has 5 aromatic rings. The van der Waals surface area contributed by atoms with Gasteiger partial charge in [-0.2, -0.15) is 5.26 Å². The number of aromatic nitrogens is 2. The Balaban J connectivity index is 1.42. The van der Waals surface area contributed by atoms with Gasteiger partial charge in [0.25, 0.3) is 5.22 Å². The summed E-state index contributed by atoms with van der Waals surface area (Å²) in [5.74, 6) is 0.749. The van der Waals surface area contributed by atoms with E-state index in [1.54, 1.807) is 11.3 Å². The second-order valence-electron chi connectivity index (χ2n) is 7.13. The Morgan fingerprint density at radius 2 is 1.68 bits per heavy atom. The van der Waals surface area contributed by atoms with Crippen LogP contribution < -0.4 is 0 Å². The first kappa shape index (κ1) is 22.2. The first-order valence-electron chi connectivity index (χ1n) is 10.3. The smallest absolute Gasteiger partial charge is 0.257 e. The van der Waals surface area contributed by atoms with Crippen molar-refractivity contribution in [3.63, 3.8) is 0 Å². The van der Waals surface area contributed by atoms with E-state index in [1.807, 2.05) is 83.6 Å². The minimum absolute atomic E-state index is 0.0553. The fourth-order valence-corrected chi connectivity index (χ4v) is 5.60. The second kappa shape index (κ2) is 10.1. The summed E-state index contributed by atoms with van der Waals surface area (Å²) in [7, 11) is 0. The van der Waals surface area contributed by atoms with Gasteiger partial charge >= 0.3 is 0 Å². The highest BCUT2D eigenvalue weighted by molar-refractivity contribution is 7.99. The number of nitriles is 1. The van der Waals surface area contributed by atoms with E-state index >= 15 is 0 Å². The van der Waals surface area contributed by atoms with Gasteiger partial charge in [-0.1, -0.05) is 78.5 Å². The van der Waals surface area contributed by atoms with Crippen LogP contribution in [-0.2, 0) is 0 Å². The lowest BCUT2D eigenvalue weighted by molar-refractivity contribution is 0.419. The lowest BCUT2D eigenvalue weighted by Gasteiger charge is -2.01. The summed E-state index contributed by atoms with van der Waals surface area (Å²) in [6.45, 7) is 0. The van der Waals surface area contributed by atoms with Crippen LogP contribution in [0.4, 0.5) is 0 Å². The van der Waals surface area contributed by atoms with Gasteiger partial charge in [0, 0.05) is 16.5 Å². The Hall–Kier alpha value is -3.64. The number of thiazole rings is 1. The maximum Gasteiger partial charge on any atom is 0.257 e. The van der Waals surface area contributed by atoms with Crippen molar-refractivity contribution in [2.45, 2.75) is 5.22 Å². The molecule has 3 aromatic heterocycles. The molecule has 0 saturated carbocycles. The molecular weight excluding hydrogens is 483 g/mol. The van der Waals surface area contributed by atoms with Crippen LogP contribution in [-0.4, -0.2) is 20.8 Å². The molecule has 0 aliphatic carbocycles. The Labute approximate surface area is 208 Å². The lowest BCUT2D eigenvalue weighted by Crippen LogP contribution is -1.93. The predicted octanol–water partition coefficient (Wildman–Crippen LogP) is 7.78. The van der Waals surface area contributed by atoms with E-state index in [2.05, 4.69) is 11.1 Å². The van der Waals surface area contributed by atoms with Gasteiger partial charge in [0.1, 0.15) is 28.1 Å². The van der Waals surface area contributed by atoms with E-state index in [-0.39, 0.29) is 17.1 Å². The van der Waals surface area contributed by atoms with Crippen molar-refractivity contribution < 1.29 is 9.52 Å². The van der Waals surface area contributed by atoms with Gasteiger partial charge < -0.3 is 9.52 Å². The van der Waals surface area contributed by atoms with Gasteiger partial charge in [-0.05, 0) is 11.4 Å². The Bertz CT molecular complexity index is 1410. The summed E-state index contributed by atoms with van der Waals surface area (Å²) in [4.78, 5) is 10.3. The fourth-order valence-electron chi connectivity index (χ4n) is 3.30. The summed E-state index contributed by atoms with van der Waals surface area (Å²) < 4.78 is 6.10. The normalized spacial score (nSPS) is 11.7. The van der Waals surface area contributed by atoms with Crippen LogP contribution in [0.1, 0.15) is 5.01 Å². The van der Waals surface area contributed by atoms with Gasteiger partial charge in [-0.25, -0.2) is 9.97 Å². The molecule has 0 saturated heterocycles. The van der Waals surface area contributed by atoms with Gasteiger partial charge in [0.05, 0.1) is 16.3 Å². The molecule has 1 N–H and O–H groups in total. The molecule has 0 aliphatic heterocycles. The number of nitrogens with zero attached hydrogens (tertiary/aromatic N) is 3. The number of thioether (sulfide) groups is 1. The number of hydrogen-bond donors (Lipinski definition) is 1. The molecule has 5 nitrogen and oxygen atoms in total. The number of aliphatic hydroxyl groups excluding tert-OH is 1. The van der Waals surface area contributed by atoms with Crippen LogP contribution in [0, 0.1) is 11.3 Å². The zero-order valence-corrected chi connectivity index (χ0v) is 20.2. The maximum atomic E-state index is 10.7. The first-order chi connectivity index (χ1) is 16.7. The van der Waals surface area contributed by atoms with Gasteiger partial charge in [-0.3, -0.25) is 0 Å². The second-order valence-corrected chi connectivity index (χ2v) is 9.86. The third-order valence-electron chi connectivity index (χ3n) is 4.92. The van der Waals surface area contributed by atoms with Gasteiger partial charge in [-0.15, -0.1) is 22.7 Å². The average molecular weight is 500 g/mol. The Morgan fingerprint density at radius 3 is 2.35 bits per heavy atom. The summed E-state index contributed by atoms with van der Waals surface area (Å²) in [5.41, 5.74) is 3.56. The maximum absolute atomic E-state index is 10.7. The van der Waals surface area contributed by atoms with E-state index < -0.39 is 0 Å². The van der Waals surface area contributed by atoms with Gasteiger partial charge in [0.2, 0.25) is 0 Å². The fraction of sp³-hybridized carbons (Fsp3) is 0.0385. The minimum Gasteiger partial charge on any atom is -0.510 e. The van der Waals surface area contributed by atoms with Crippen LogP contribution >= 0.6 is 34.4 Å². The van der Waals surface area contributed by atoms with E-state index in [4.69, 9.17) is 9.40 Å². The largest absolute Gasteiger partial charge is 0.510 e. The molecule has 166 valence electrons. The highest BCUT2D eigenvalue weighted by Gasteiger charge is 2.19. The molecule has 8 heteroatoms. The molecule has 0 aliphatic rings. The number of benzene rings is 2. The monoisotopic (exact) mass is 499 g/mol. The van der Waals surface area contributed by atoms with E-state index in [9.17, 15) is 10.4 Å². The summed E-state index contributed by atoms with van der Waals surface area (Å²) in [6.07, 6.45) is 0.